The summed E-state index contributed by atoms with van der Waals surface area (Å²) in [6.07, 6.45) is 3.81. The van der Waals surface area contributed by atoms with Crippen LogP contribution in [0, 0.1) is 6.92 Å². The third-order valence-corrected chi connectivity index (χ3v) is 6.71. The second-order valence-corrected chi connectivity index (χ2v) is 8.93. The quantitative estimate of drug-likeness (QED) is 0.617. The van der Waals surface area contributed by atoms with Gasteiger partial charge >= 0.3 is 6.03 Å². The number of hydrogen-bond acceptors (Lipinski definition) is 5. The lowest BCUT2D eigenvalue weighted by molar-refractivity contribution is 0.255. The zero-order valence-electron chi connectivity index (χ0n) is 18.2. The number of thiazole rings is 1. The summed E-state index contributed by atoms with van der Waals surface area (Å²) >= 11 is 1.74. The van der Waals surface area contributed by atoms with Gasteiger partial charge in [-0.15, -0.1) is 11.3 Å². The Morgan fingerprint density at radius 2 is 2.10 bits per heavy atom. The zero-order valence-corrected chi connectivity index (χ0v) is 19.0. The fourth-order valence-electron chi connectivity index (χ4n) is 3.91. The molecule has 0 spiro atoms. The van der Waals surface area contributed by atoms with Crippen molar-refractivity contribution in [2.45, 2.75) is 33.2 Å². The molecule has 0 unspecified atom stereocenters. The van der Waals surface area contributed by atoms with E-state index in [1.165, 1.54) is 26.5 Å². The monoisotopic (exact) mass is 436 g/mol. The fourth-order valence-corrected chi connectivity index (χ4v) is 4.88. The molecule has 0 fully saturated rings. The fraction of sp³-hybridized carbons (Fsp3) is 0.333. The van der Waals surface area contributed by atoms with Crippen LogP contribution in [0.25, 0.3) is 0 Å². The number of primary amides is 1. The predicted molar refractivity (Wildman–Crippen MR) is 126 cm³/mol. The molecule has 1 aliphatic rings. The molecule has 1 aromatic heterocycles. The van der Waals surface area contributed by atoms with Gasteiger partial charge in [-0.2, -0.15) is 0 Å². The number of fused-ring (bicyclic) bond motifs is 1. The first kappa shape index (κ1) is 21.2. The van der Waals surface area contributed by atoms with E-state index in [4.69, 9.17) is 15.5 Å². The Balaban J connectivity index is 1.47. The Hall–Kier alpha value is -3.06. The summed E-state index contributed by atoms with van der Waals surface area (Å²) in [5.74, 6) is 0.949. The van der Waals surface area contributed by atoms with E-state index < -0.39 is 6.03 Å². The molecule has 7 heteroatoms. The van der Waals surface area contributed by atoms with Crippen molar-refractivity contribution < 1.29 is 9.53 Å². The van der Waals surface area contributed by atoms with Gasteiger partial charge in [0.05, 0.1) is 6.61 Å². The van der Waals surface area contributed by atoms with Crippen LogP contribution in [0.1, 0.15) is 34.1 Å². The van der Waals surface area contributed by atoms with Crippen molar-refractivity contribution in [1.82, 2.24) is 4.98 Å². The molecule has 2 amide bonds. The second-order valence-electron chi connectivity index (χ2n) is 7.84. The summed E-state index contributed by atoms with van der Waals surface area (Å²) in [6.45, 7) is 6.49. The Bertz CT molecular complexity index is 1090. The first-order valence-electron chi connectivity index (χ1n) is 10.5. The minimum absolute atomic E-state index is 0.457. The standard InChI is InChI=1S/C24H28N4O2S/c1-4-30-22-8-5-17(11-16(22)2)12-21-14-26-24(31-21)28-10-9-18-6-7-20(13-19(18)15-28)27(3)23(25)29/h5-8,11,13-14H,4,9-10,12,15H2,1-3H3,(H2,25,29). The van der Waals surface area contributed by atoms with Crippen molar-refractivity contribution in [3.8, 4) is 5.75 Å². The number of ether oxygens (including phenoxy) is 1. The van der Waals surface area contributed by atoms with E-state index in [1.807, 2.05) is 19.2 Å². The van der Waals surface area contributed by atoms with Crippen LogP contribution >= 0.6 is 11.3 Å². The highest BCUT2D eigenvalue weighted by Gasteiger charge is 2.20. The van der Waals surface area contributed by atoms with Gasteiger partial charge in [0, 0.05) is 43.3 Å². The first-order chi connectivity index (χ1) is 14.9. The lowest BCUT2D eigenvalue weighted by atomic mass is 9.99. The molecule has 0 saturated carbocycles. The number of hydrogen-bond donors (Lipinski definition) is 1. The minimum Gasteiger partial charge on any atom is -0.494 e. The average molecular weight is 437 g/mol. The number of urea groups is 1. The molecule has 6 nitrogen and oxygen atoms in total. The number of nitrogens with zero attached hydrogens (tertiary/aromatic N) is 3. The first-order valence-corrected chi connectivity index (χ1v) is 11.3. The highest BCUT2D eigenvalue weighted by atomic mass is 32.1. The van der Waals surface area contributed by atoms with Gasteiger partial charge in [0.1, 0.15) is 5.75 Å². The Labute approximate surface area is 187 Å². The van der Waals surface area contributed by atoms with Crippen LogP contribution in [0.15, 0.2) is 42.6 Å². The largest absolute Gasteiger partial charge is 0.494 e. The number of benzene rings is 2. The number of nitrogens with two attached hydrogens (primary N) is 1. The zero-order chi connectivity index (χ0) is 22.0. The van der Waals surface area contributed by atoms with E-state index in [9.17, 15) is 4.79 Å². The Kier molecular flexibility index (Phi) is 6.13. The topological polar surface area (TPSA) is 71.7 Å². The van der Waals surface area contributed by atoms with Crippen molar-refractivity contribution in [1.29, 1.82) is 0 Å². The molecule has 2 N–H and O–H groups in total. The van der Waals surface area contributed by atoms with Crippen LogP contribution in [-0.2, 0) is 19.4 Å². The third kappa shape index (κ3) is 4.66. The SMILES string of the molecule is CCOc1ccc(Cc2cnc(N3CCc4ccc(N(C)C(N)=O)cc4C3)s2)cc1C. The molecule has 0 bridgehead atoms. The molecule has 0 saturated heterocycles. The molecule has 162 valence electrons. The van der Waals surface area contributed by atoms with Crippen LogP contribution in [0.2, 0.25) is 0 Å². The van der Waals surface area contributed by atoms with Crippen LogP contribution in [-0.4, -0.2) is 31.2 Å². The highest BCUT2D eigenvalue weighted by molar-refractivity contribution is 7.15. The number of carbonyl (C=O) groups is 1. The summed E-state index contributed by atoms with van der Waals surface area (Å²) in [5, 5.41) is 1.04. The molecule has 2 heterocycles. The van der Waals surface area contributed by atoms with Crippen molar-refractivity contribution in [2.75, 3.05) is 30.0 Å². The van der Waals surface area contributed by atoms with Crippen molar-refractivity contribution in [3.63, 3.8) is 0 Å². The third-order valence-electron chi connectivity index (χ3n) is 5.65. The summed E-state index contributed by atoms with van der Waals surface area (Å²) in [5.41, 5.74) is 11.2. The van der Waals surface area contributed by atoms with E-state index in [1.54, 1.807) is 18.4 Å². The van der Waals surface area contributed by atoms with Gasteiger partial charge in [0.25, 0.3) is 0 Å². The maximum absolute atomic E-state index is 11.5. The maximum atomic E-state index is 11.5. The van der Waals surface area contributed by atoms with Crippen molar-refractivity contribution in [2.24, 2.45) is 5.73 Å². The van der Waals surface area contributed by atoms with E-state index in [-0.39, 0.29) is 0 Å². The molecule has 31 heavy (non-hydrogen) atoms. The Morgan fingerprint density at radius 1 is 1.26 bits per heavy atom. The lowest BCUT2D eigenvalue weighted by Gasteiger charge is -2.29. The molecular formula is C24H28N4O2S. The molecule has 3 aromatic rings. The molecule has 0 atom stereocenters. The van der Waals surface area contributed by atoms with E-state index >= 15 is 0 Å². The summed E-state index contributed by atoms with van der Waals surface area (Å²) in [6, 6.07) is 12.0. The van der Waals surface area contributed by atoms with Crippen LogP contribution in [0.3, 0.4) is 0 Å². The smallest absolute Gasteiger partial charge is 0.318 e. The number of rotatable bonds is 6. The number of carbonyl (C=O) groups excluding carboxylic acids is 1. The minimum atomic E-state index is -0.457. The molecule has 0 radical (unpaired) electrons. The lowest BCUT2D eigenvalue weighted by Crippen LogP contribution is -2.33. The van der Waals surface area contributed by atoms with Crippen molar-refractivity contribution >= 4 is 28.2 Å². The predicted octanol–water partition coefficient (Wildman–Crippen LogP) is 4.52. The molecule has 4 rings (SSSR count). The van der Waals surface area contributed by atoms with Crippen LogP contribution in [0.4, 0.5) is 15.6 Å². The van der Waals surface area contributed by atoms with E-state index in [0.717, 1.165) is 48.1 Å². The summed E-state index contributed by atoms with van der Waals surface area (Å²) in [4.78, 5) is 21.2. The van der Waals surface area contributed by atoms with Crippen LogP contribution in [0.5, 0.6) is 5.75 Å². The summed E-state index contributed by atoms with van der Waals surface area (Å²) < 4.78 is 5.65. The summed E-state index contributed by atoms with van der Waals surface area (Å²) in [7, 11) is 1.69. The highest BCUT2D eigenvalue weighted by Crippen LogP contribution is 2.31. The van der Waals surface area contributed by atoms with Crippen molar-refractivity contribution in [3.05, 3.63) is 69.7 Å². The Morgan fingerprint density at radius 3 is 2.84 bits per heavy atom. The number of aryl methyl sites for hydroxylation is 1. The molecule has 2 aromatic carbocycles. The number of amides is 2. The second kappa shape index (κ2) is 8.98. The number of aromatic nitrogens is 1. The molecule has 1 aliphatic heterocycles. The normalized spacial score (nSPS) is 13.1. The molecule has 0 aliphatic carbocycles. The van der Waals surface area contributed by atoms with Gasteiger partial charge in [-0.3, -0.25) is 4.90 Å². The van der Waals surface area contributed by atoms with Gasteiger partial charge in [-0.1, -0.05) is 18.2 Å². The van der Waals surface area contributed by atoms with Gasteiger partial charge in [0.15, 0.2) is 5.13 Å². The van der Waals surface area contributed by atoms with Gasteiger partial charge in [0.2, 0.25) is 0 Å². The maximum Gasteiger partial charge on any atom is 0.318 e. The average Bonchev–Trinajstić information content (AvgIpc) is 3.23. The van der Waals surface area contributed by atoms with Gasteiger partial charge < -0.3 is 15.4 Å². The van der Waals surface area contributed by atoms with E-state index in [0.29, 0.717) is 6.61 Å². The number of anilines is 2. The van der Waals surface area contributed by atoms with Gasteiger partial charge in [-0.05, 0) is 60.7 Å². The van der Waals surface area contributed by atoms with Gasteiger partial charge in [-0.25, -0.2) is 9.78 Å². The van der Waals surface area contributed by atoms with E-state index in [2.05, 4.69) is 42.2 Å². The van der Waals surface area contributed by atoms with Crippen LogP contribution < -0.4 is 20.3 Å². The molecular weight excluding hydrogens is 408 g/mol.